The highest BCUT2D eigenvalue weighted by molar-refractivity contribution is 14.0. The fourth-order valence-corrected chi connectivity index (χ4v) is 1.78. The molecule has 6 heteroatoms. The van der Waals surface area contributed by atoms with Crippen LogP contribution in [0.2, 0.25) is 0 Å². The molecule has 5 nitrogen and oxygen atoms in total. The van der Waals surface area contributed by atoms with Crippen molar-refractivity contribution >= 4 is 29.9 Å². The van der Waals surface area contributed by atoms with Crippen molar-refractivity contribution in [3.8, 4) is 5.75 Å². The molecule has 1 rings (SSSR count). The van der Waals surface area contributed by atoms with Gasteiger partial charge in [0.1, 0.15) is 5.75 Å². The molecule has 0 radical (unpaired) electrons. The van der Waals surface area contributed by atoms with Crippen LogP contribution in [-0.4, -0.2) is 39.9 Å². The van der Waals surface area contributed by atoms with E-state index in [0.29, 0.717) is 13.2 Å². The van der Waals surface area contributed by atoms with Gasteiger partial charge in [-0.3, -0.25) is 4.99 Å². The van der Waals surface area contributed by atoms with E-state index in [4.69, 9.17) is 9.47 Å². The summed E-state index contributed by atoms with van der Waals surface area (Å²) in [6.45, 7) is 6.83. The maximum absolute atomic E-state index is 5.38. The van der Waals surface area contributed by atoms with Crippen molar-refractivity contribution in [1.29, 1.82) is 0 Å². The summed E-state index contributed by atoms with van der Waals surface area (Å²) in [5.41, 5.74) is 2.29. The van der Waals surface area contributed by atoms with E-state index in [0.717, 1.165) is 30.4 Å². The Morgan fingerprint density at radius 3 is 2.67 bits per heavy atom. The van der Waals surface area contributed by atoms with E-state index in [1.807, 2.05) is 19.9 Å². The molecule has 0 aliphatic heterocycles. The highest BCUT2D eigenvalue weighted by Gasteiger charge is 2.04. The van der Waals surface area contributed by atoms with Crippen molar-refractivity contribution in [3.05, 3.63) is 29.3 Å². The third-order valence-corrected chi connectivity index (χ3v) is 2.86. The van der Waals surface area contributed by atoms with Crippen molar-refractivity contribution in [2.24, 2.45) is 4.99 Å². The van der Waals surface area contributed by atoms with Gasteiger partial charge in [-0.05, 0) is 25.5 Å². The second kappa shape index (κ2) is 11.6. The monoisotopic (exact) mass is 407 g/mol. The van der Waals surface area contributed by atoms with Crippen LogP contribution >= 0.6 is 24.0 Å². The van der Waals surface area contributed by atoms with Gasteiger partial charge in [0.05, 0.1) is 13.7 Å². The van der Waals surface area contributed by atoms with Crippen molar-refractivity contribution in [2.75, 3.05) is 33.9 Å². The molecule has 0 aliphatic carbocycles. The lowest BCUT2D eigenvalue weighted by Crippen LogP contribution is -2.38. The van der Waals surface area contributed by atoms with Gasteiger partial charge >= 0.3 is 0 Å². The Bertz CT molecular complexity index is 439. The Morgan fingerprint density at radius 1 is 1.29 bits per heavy atom. The summed E-state index contributed by atoms with van der Waals surface area (Å²) in [6.07, 6.45) is 0. The summed E-state index contributed by atoms with van der Waals surface area (Å²) in [6, 6.07) is 6.17. The highest BCUT2D eigenvalue weighted by Crippen LogP contribution is 2.19. The Hall–Kier alpha value is -1.02. The number of rotatable bonds is 7. The van der Waals surface area contributed by atoms with Crippen molar-refractivity contribution in [3.63, 3.8) is 0 Å². The molecule has 21 heavy (non-hydrogen) atoms. The summed E-state index contributed by atoms with van der Waals surface area (Å²) in [7, 11) is 3.44. The number of benzene rings is 1. The van der Waals surface area contributed by atoms with Gasteiger partial charge in [0, 0.05) is 32.3 Å². The summed E-state index contributed by atoms with van der Waals surface area (Å²) in [5.74, 6) is 1.65. The molecule has 0 amide bonds. The number of ether oxygens (including phenoxy) is 2. The van der Waals surface area contributed by atoms with E-state index in [1.54, 1.807) is 14.2 Å². The number of nitrogens with zero attached hydrogens (tertiary/aromatic N) is 1. The zero-order chi connectivity index (χ0) is 14.8. The van der Waals surface area contributed by atoms with E-state index in [-0.39, 0.29) is 24.0 Å². The van der Waals surface area contributed by atoms with Crippen LogP contribution in [0.4, 0.5) is 0 Å². The Balaban J connectivity index is 0.00000400. The minimum absolute atomic E-state index is 0. The number of halogens is 1. The Labute approximate surface area is 144 Å². The first kappa shape index (κ1) is 20.0. The van der Waals surface area contributed by atoms with Crippen LogP contribution in [0.1, 0.15) is 18.1 Å². The standard InChI is InChI=1S/C15H25N3O2.HI/c1-5-20-9-8-17-15(16-3)18-11-13-7-6-12(2)10-14(13)19-4;/h6-7,10H,5,8-9,11H2,1-4H3,(H2,16,17,18);1H. The van der Waals surface area contributed by atoms with Crippen LogP contribution in [-0.2, 0) is 11.3 Å². The molecular formula is C15H26IN3O2. The first-order chi connectivity index (χ1) is 9.71. The van der Waals surface area contributed by atoms with Gasteiger partial charge in [-0.15, -0.1) is 24.0 Å². The minimum atomic E-state index is 0. The maximum atomic E-state index is 5.38. The van der Waals surface area contributed by atoms with Gasteiger partial charge in [0.15, 0.2) is 5.96 Å². The number of nitrogens with one attached hydrogen (secondary N) is 2. The van der Waals surface area contributed by atoms with Crippen molar-refractivity contribution in [2.45, 2.75) is 20.4 Å². The predicted molar refractivity (Wildman–Crippen MR) is 97.8 cm³/mol. The highest BCUT2D eigenvalue weighted by atomic mass is 127. The molecule has 0 unspecified atom stereocenters. The summed E-state index contributed by atoms with van der Waals surface area (Å²) >= 11 is 0. The molecule has 0 aliphatic rings. The summed E-state index contributed by atoms with van der Waals surface area (Å²) < 4.78 is 10.7. The number of aliphatic imine (C=N–C) groups is 1. The molecule has 1 aromatic carbocycles. The average Bonchev–Trinajstić information content (AvgIpc) is 2.47. The van der Waals surface area contributed by atoms with Gasteiger partial charge in [-0.25, -0.2) is 0 Å². The van der Waals surface area contributed by atoms with E-state index >= 15 is 0 Å². The quantitative estimate of drug-likeness (QED) is 0.315. The molecule has 0 atom stereocenters. The summed E-state index contributed by atoms with van der Waals surface area (Å²) in [5, 5.41) is 6.46. The van der Waals surface area contributed by atoms with E-state index in [1.165, 1.54) is 5.56 Å². The molecule has 0 heterocycles. The van der Waals surface area contributed by atoms with Gasteiger partial charge in [-0.1, -0.05) is 12.1 Å². The van der Waals surface area contributed by atoms with Gasteiger partial charge < -0.3 is 20.1 Å². The van der Waals surface area contributed by atoms with E-state index in [9.17, 15) is 0 Å². The number of guanidine groups is 1. The molecule has 0 saturated heterocycles. The molecule has 0 saturated carbocycles. The van der Waals surface area contributed by atoms with Crippen LogP contribution in [0.15, 0.2) is 23.2 Å². The van der Waals surface area contributed by atoms with Crippen LogP contribution < -0.4 is 15.4 Å². The second-order valence-corrected chi connectivity index (χ2v) is 4.36. The zero-order valence-corrected chi connectivity index (χ0v) is 15.6. The van der Waals surface area contributed by atoms with E-state index in [2.05, 4.69) is 27.8 Å². The molecule has 0 fully saturated rings. The number of hydrogen-bond acceptors (Lipinski definition) is 3. The van der Waals surface area contributed by atoms with Gasteiger partial charge in [-0.2, -0.15) is 0 Å². The largest absolute Gasteiger partial charge is 0.496 e. The number of hydrogen-bond donors (Lipinski definition) is 2. The Kier molecular flexibility index (Phi) is 11.1. The predicted octanol–water partition coefficient (Wildman–Crippen LogP) is 2.32. The van der Waals surface area contributed by atoms with Crippen LogP contribution in [0.25, 0.3) is 0 Å². The van der Waals surface area contributed by atoms with Crippen LogP contribution in [0.3, 0.4) is 0 Å². The SMILES string of the molecule is CCOCCNC(=NC)NCc1ccc(C)cc1OC.I. The van der Waals surface area contributed by atoms with Crippen LogP contribution in [0.5, 0.6) is 5.75 Å². The molecule has 0 aromatic heterocycles. The van der Waals surface area contributed by atoms with Gasteiger partial charge in [0.2, 0.25) is 0 Å². The normalized spacial score (nSPS) is 10.8. The molecule has 2 N–H and O–H groups in total. The van der Waals surface area contributed by atoms with Crippen molar-refractivity contribution < 1.29 is 9.47 Å². The smallest absolute Gasteiger partial charge is 0.191 e. The fraction of sp³-hybridized carbons (Fsp3) is 0.533. The number of aryl methyl sites for hydroxylation is 1. The third kappa shape index (κ3) is 7.52. The molecular weight excluding hydrogens is 381 g/mol. The molecule has 120 valence electrons. The second-order valence-electron chi connectivity index (χ2n) is 4.36. The molecule has 1 aromatic rings. The minimum Gasteiger partial charge on any atom is -0.496 e. The maximum Gasteiger partial charge on any atom is 0.191 e. The lowest BCUT2D eigenvalue weighted by atomic mass is 10.1. The molecule has 0 bridgehead atoms. The van der Waals surface area contributed by atoms with Gasteiger partial charge in [0.25, 0.3) is 0 Å². The first-order valence-corrected chi connectivity index (χ1v) is 6.87. The topological polar surface area (TPSA) is 54.9 Å². The van der Waals surface area contributed by atoms with Crippen molar-refractivity contribution in [1.82, 2.24) is 10.6 Å². The third-order valence-electron chi connectivity index (χ3n) is 2.86. The Morgan fingerprint density at radius 2 is 2.05 bits per heavy atom. The van der Waals surface area contributed by atoms with Crippen LogP contribution in [0, 0.1) is 6.92 Å². The zero-order valence-electron chi connectivity index (χ0n) is 13.2. The first-order valence-electron chi connectivity index (χ1n) is 6.87. The lowest BCUT2D eigenvalue weighted by molar-refractivity contribution is 0.152. The fourth-order valence-electron chi connectivity index (χ4n) is 1.78. The lowest BCUT2D eigenvalue weighted by Gasteiger charge is -2.14. The average molecular weight is 407 g/mol. The number of methoxy groups -OCH3 is 1. The van der Waals surface area contributed by atoms with E-state index < -0.39 is 0 Å². The molecule has 0 spiro atoms. The summed E-state index contributed by atoms with van der Waals surface area (Å²) in [4.78, 5) is 4.17.